The molecule has 0 atom stereocenters. The molecule has 20 heavy (non-hydrogen) atoms. The lowest BCUT2D eigenvalue weighted by atomic mass is 10.1. The number of rotatable bonds is 1. The van der Waals surface area contributed by atoms with E-state index in [0.717, 1.165) is 27.5 Å². The van der Waals surface area contributed by atoms with Crippen LogP contribution >= 0.6 is 12.2 Å². The van der Waals surface area contributed by atoms with E-state index in [0.29, 0.717) is 5.11 Å². The Kier molecular flexibility index (Phi) is 3.20. The molecule has 0 aliphatic heterocycles. The predicted molar refractivity (Wildman–Crippen MR) is 87.0 cm³/mol. The van der Waals surface area contributed by atoms with Crippen molar-refractivity contribution in [3.63, 3.8) is 0 Å². The lowest BCUT2D eigenvalue weighted by Gasteiger charge is -2.17. The first-order valence-electron chi connectivity index (χ1n) is 6.27. The van der Waals surface area contributed by atoms with Gasteiger partial charge in [0.05, 0.1) is 16.7 Å². The highest BCUT2D eigenvalue weighted by molar-refractivity contribution is 7.80. The Morgan fingerprint density at radius 1 is 1.10 bits per heavy atom. The third kappa shape index (κ3) is 2.16. The molecule has 0 bridgehead atoms. The normalized spacial score (nSPS) is 10.7. The summed E-state index contributed by atoms with van der Waals surface area (Å²) >= 11 is 5.32. The fourth-order valence-electron chi connectivity index (χ4n) is 2.12. The Labute approximate surface area is 122 Å². The molecule has 0 saturated carbocycles. The van der Waals surface area contributed by atoms with Crippen molar-refractivity contribution in [3.8, 4) is 0 Å². The molecule has 0 unspecified atom stereocenters. The summed E-state index contributed by atoms with van der Waals surface area (Å²) in [5.74, 6) is 0. The second-order valence-electron chi connectivity index (χ2n) is 4.72. The number of nitrogens with one attached hydrogen (secondary N) is 1. The number of benzene rings is 1. The number of thiocarbonyl (C=S) groups is 1. The van der Waals surface area contributed by atoms with Gasteiger partial charge in [-0.3, -0.25) is 9.97 Å². The summed E-state index contributed by atoms with van der Waals surface area (Å²) in [5, 5.41) is 5.99. The third-order valence-corrected chi connectivity index (χ3v) is 3.57. The molecule has 0 radical (unpaired) electrons. The van der Waals surface area contributed by atoms with Crippen LogP contribution in [0.3, 0.4) is 0 Å². The van der Waals surface area contributed by atoms with Crippen molar-refractivity contribution in [2.24, 2.45) is 0 Å². The van der Waals surface area contributed by atoms with Crippen molar-refractivity contribution in [3.05, 3.63) is 42.7 Å². The number of pyridine rings is 2. The van der Waals surface area contributed by atoms with E-state index in [1.807, 2.05) is 49.3 Å². The molecule has 0 saturated heterocycles. The van der Waals surface area contributed by atoms with Crippen LogP contribution in [-0.2, 0) is 0 Å². The molecule has 100 valence electrons. The number of fused-ring (bicyclic) bond motifs is 3. The van der Waals surface area contributed by atoms with Crippen LogP contribution < -0.4 is 5.32 Å². The zero-order valence-corrected chi connectivity index (χ0v) is 12.1. The number of hydrogen-bond donors (Lipinski definition) is 1. The molecule has 3 aromatic rings. The molecule has 0 amide bonds. The highest BCUT2D eigenvalue weighted by Crippen LogP contribution is 2.29. The number of nitrogens with zero attached hydrogens (tertiary/aromatic N) is 3. The fourth-order valence-corrected chi connectivity index (χ4v) is 2.23. The largest absolute Gasteiger partial charge is 0.355 e. The number of hydrogen-bond acceptors (Lipinski definition) is 3. The van der Waals surface area contributed by atoms with Gasteiger partial charge in [0.15, 0.2) is 5.11 Å². The van der Waals surface area contributed by atoms with Gasteiger partial charge in [-0.15, -0.1) is 0 Å². The van der Waals surface area contributed by atoms with Crippen LogP contribution in [0.4, 0.5) is 5.69 Å². The van der Waals surface area contributed by atoms with Crippen molar-refractivity contribution >= 4 is 44.8 Å². The zero-order valence-electron chi connectivity index (χ0n) is 11.3. The molecule has 0 aliphatic carbocycles. The van der Waals surface area contributed by atoms with Crippen molar-refractivity contribution in [1.82, 2.24) is 14.9 Å². The minimum Gasteiger partial charge on any atom is -0.355 e. The Morgan fingerprint density at radius 2 is 1.80 bits per heavy atom. The SMILES string of the molecule is CN(C)C(=S)Nc1cc2cccnc2c2cccnc12. The maximum Gasteiger partial charge on any atom is 0.172 e. The fraction of sp³-hybridized carbons (Fsp3) is 0.133. The van der Waals surface area contributed by atoms with Crippen LogP contribution in [0.1, 0.15) is 0 Å². The van der Waals surface area contributed by atoms with Crippen LogP contribution in [0.15, 0.2) is 42.7 Å². The summed E-state index contributed by atoms with van der Waals surface area (Å²) in [6.45, 7) is 0. The van der Waals surface area contributed by atoms with Crippen molar-refractivity contribution < 1.29 is 0 Å². The lowest BCUT2D eigenvalue weighted by Crippen LogP contribution is -2.27. The zero-order chi connectivity index (χ0) is 14.1. The highest BCUT2D eigenvalue weighted by atomic mass is 32.1. The van der Waals surface area contributed by atoms with Crippen LogP contribution in [0.5, 0.6) is 0 Å². The van der Waals surface area contributed by atoms with E-state index in [4.69, 9.17) is 12.2 Å². The van der Waals surface area contributed by atoms with Gasteiger partial charge in [-0.05, 0) is 36.5 Å². The van der Waals surface area contributed by atoms with E-state index in [9.17, 15) is 0 Å². The first kappa shape index (κ1) is 12.7. The van der Waals surface area contributed by atoms with E-state index in [2.05, 4.69) is 15.3 Å². The topological polar surface area (TPSA) is 41.0 Å². The first-order chi connectivity index (χ1) is 9.66. The average molecular weight is 282 g/mol. The molecule has 2 heterocycles. The van der Waals surface area contributed by atoms with E-state index >= 15 is 0 Å². The summed E-state index contributed by atoms with van der Waals surface area (Å²) in [6.07, 6.45) is 3.58. The minimum atomic E-state index is 0.653. The summed E-state index contributed by atoms with van der Waals surface area (Å²) in [5.41, 5.74) is 2.74. The van der Waals surface area contributed by atoms with Gasteiger partial charge in [-0.25, -0.2) is 0 Å². The number of anilines is 1. The van der Waals surface area contributed by atoms with Gasteiger partial charge in [0.25, 0.3) is 0 Å². The Balaban J connectivity index is 2.26. The van der Waals surface area contributed by atoms with Gasteiger partial charge >= 0.3 is 0 Å². The molecule has 3 rings (SSSR count). The van der Waals surface area contributed by atoms with Crippen molar-refractivity contribution in [2.45, 2.75) is 0 Å². The van der Waals surface area contributed by atoms with Crippen LogP contribution in [0, 0.1) is 0 Å². The molecule has 4 nitrogen and oxygen atoms in total. The molecule has 0 fully saturated rings. The Hall–Kier alpha value is -2.27. The standard InChI is InChI=1S/C15H14N4S/c1-19(2)15(20)18-12-9-10-5-3-7-16-13(10)11-6-4-8-17-14(11)12/h3-9H,1-2H3,(H,18,20). The maximum atomic E-state index is 5.32. The quantitative estimate of drug-likeness (QED) is 0.549. The van der Waals surface area contributed by atoms with Crippen LogP contribution in [0.2, 0.25) is 0 Å². The Morgan fingerprint density at radius 3 is 2.55 bits per heavy atom. The van der Waals surface area contributed by atoms with Crippen molar-refractivity contribution in [1.29, 1.82) is 0 Å². The molecular weight excluding hydrogens is 268 g/mol. The minimum absolute atomic E-state index is 0.653. The first-order valence-corrected chi connectivity index (χ1v) is 6.68. The molecule has 1 aromatic carbocycles. The predicted octanol–water partition coefficient (Wildman–Crippen LogP) is 3.04. The molecule has 0 spiro atoms. The van der Waals surface area contributed by atoms with Crippen LogP contribution in [-0.4, -0.2) is 34.1 Å². The van der Waals surface area contributed by atoms with Gasteiger partial charge < -0.3 is 10.2 Å². The number of aromatic nitrogens is 2. The van der Waals surface area contributed by atoms with Crippen molar-refractivity contribution in [2.75, 3.05) is 19.4 Å². The maximum absolute atomic E-state index is 5.32. The Bertz CT molecular complexity index is 798. The van der Waals surface area contributed by atoms with Crippen LogP contribution in [0.25, 0.3) is 21.8 Å². The molecular formula is C15H14N4S. The average Bonchev–Trinajstić information content (AvgIpc) is 2.47. The van der Waals surface area contributed by atoms with E-state index < -0.39 is 0 Å². The summed E-state index contributed by atoms with van der Waals surface area (Å²) in [7, 11) is 3.82. The van der Waals surface area contributed by atoms with Gasteiger partial charge in [0, 0.05) is 37.3 Å². The third-order valence-electron chi connectivity index (χ3n) is 3.10. The molecule has 5 heteroatoms. The monoisotopic (exact) mass is 282 g/mol. The van der Waals surface area contributed by atoms with Gasteiger partial charge in [0.2, 0.25) is 0 Å². The van der Waals surface area contributed by atoms with E-state index in [1.165, 1.54) is 0 Å². The van der Waals surface area contributed by atoms with Gasteiger partial charge in [-0.1, -0.05) is 6.07 Å². The molecule has 1 N–H and O–H groups in total. The van der Waals surface area contributed by atoms with E-state index in [-0.39, 0.29) is 0 Å². The summed E-state index contributed by atoms with van der Waals surface area (Å²) in [6, 6.07) is 9.96. The second kappa shape index (κ2) is 5.02. The summed E-state index contributed by atoms with van der Waals surface area (Å²) < 4.78 is 0. The highest BCUT2D eigenvalue weighted by Gasteiger charge is 2.09. The van der Waals surface area contributed by atoms with Gasteiger partial charge in [-0.2, -0.15) is 0 Å². The molecule has 0 aliphatic rings. The molecule has 2 aromatic heterocycles. The second-order valence-corrected chi connectivity index (χ2v) is 5.11. The summed E-state index contributed by atoms with van der Waals surface area (Å²) in [4.78, 5) is 10.8. The lowest BCUT2D eigenvalue weighted by molar-refractivity contribution is 0.634. The van der Waals surface area contributed by atoms with E-state index in [1.54, 1.807) is 12.4 Å². The van der Waals surface area contributed by atoms with Gasteiger partial charge in [0.1, 0.15) is 0 Å². The smallest absolute Gasteiger partial charge is 0.172 e.